The molecule has 64 valence electrons. The fourth-order valence-electron chi connectivity index (χ4n) is 1.10. The highest BCUT2D eigenvalue weighted by molar-refractivity contribution is 7.10. The normalized spacial score (nSPS) is 12.8. The third kappa shape index (κ3) is 2.07. The van der Waals surface area contributed by atoms with Crippen LogP contribution >= 0.6 is 11.3 Å². The molecule has 1 rings (SSSR count). The molecule has 0 fully saturated rings. The molecule has 0 aliphatic carbocycles. The van der Waals surface area contributed by atoms with Crippen molar-refractivity contribution in [2.45, 2.75) is 12.5 Å². The predicted molar refractivity (Wildman–Crippen MR) is 51.0 cm³/mol. The Morgan fingerprint density at radius 2 is 2.42 bits per heavy atom. The highest BCUT2D eigenvalue weighted by Crippen LogP contribution is 2.25. The van der Waals surface area contributed by atoms with E-state index in [0.717, 1.165) is 0 Å². The van der Waals surface area contributed by atoms with Crippen LogP contribution in [0.2, 0.25) is 0 Å². The van der Waals surface area contributed by atoms with Crippen LogP contribution < -0.4 is 0 Å². The standard InChI is InChI=1S/C9H12N2S/c1-11(2)8(5-6-10)9-4-3-7-12-9/h3-4,7-8H,5H2,1-2H3. The second-order valence-corrected chi connectivity index (χ2v) is 3.84. The lowest BCUT2D eigenvalue weighted by molar-refractivity contribution is 0.308. The van der Waals surface area contributed by atoms with E-state index in [9.17, 15) is 0 Å². The Kier molecular flexibility index (Phi) is 3.27. The number of hydrogen-bond donors (Lipinski definition) is 0. The molecule has 3 heteroatoms. The van der Waals surface area contributed by atoms with Crippen LogP contribution in [0.15, 0.2) is 17.5 Å². The van der Waals surface area contributed by atoms with Crippen molar-refractivity contribution in [2.24, 2.45) is 0 Å². The van der Waals surface area contributed by atoms with Gasteiger partial charge in [-0.15, -0.1) is 11.3 Å². The molecule has 1 aromatic rings. The molecular formula is C9H12N2S. The summed E-state index contributed by atoms with van der Waals surface area (Å²) in [4.78, 5) is 3.34. The summed E-state index contributed by atoms with van der Waals surface area (Å²) in [5, 5.41) is 10.7. The topological polar surface area (TPSA) is 27.0 Å². The van der Waals surface area contributed by atoms with E-state index in [0.29, 0.717) is 6.42 Å². The van der Waals surface area contributed by atoms with Gasteiger partial charge < -0.3 is 4.90 Å². The Morgan fingerprint density at radius 3 is 2.83 bits per heavy atom. The molecule has 0 radical (unpaired) electrons. The molecule has 0 saturated heterocycles. The lowest BCUT2D eigenvalue weighted by Crippen LogP contribution is -2.18. The van der Waals surface area contributed by atoms with Gasteiger partial charge in [0, 0.05) is 4.88 Å². The van der Waals surface area contributed by atoms with Crippen LogP contribution in [0.4, 0.5) is 0 Å². The Morgan fingerprint density at radius 1 is 1.67 bits per heavy atom. The third-order valence-electron chi connectivity index (χ3n) is 1.78. The highest BCUT2D eigenvalue weighted by atomic mass is 32.1. The van der Waals surface area contributed by atoms with E-state index in [2.05, 4.69) is 17.0 Å². The third-order valence-corrected chi connectivity index (χ3v) is 2.75. The van der Waals surface area contributed by atoms with Gasteiger partial charge in [-0.2, -0.15) is 5.26 Å². The van der Waals surface area contributed by atoms with E-state index in [1.807, 2.05) is 25.5 Å². The molecule has 1 heterocycles. The monoisotopic (exact) mass is 180 g/mol. The number of nitrogens with zero attached hydrogens (tertiary/aromatic N) is 2. The van der Waals surface area contributed by atoms with Crippen molar-refractivity contribution >= 4 is 11.3 Å². The smallest absolute Gasteiger partial charge is 0.0642 e. The lowest BCUT2D eigenvalue weighted by Gasteiger charge is -2.19. The molecule has 12 heavy (non-hydrogen) atoms. The molecule has 2 nitrogen and oxygen atoms in total. The Bertz CT molecular complexity index is 259. The maximum atomic E-state index is 8.61. The van der Waals surface area contributed by atoms with E-state index in [1.165, 1.54) is 4.88 Å². The van der Waals surface area contributed by atoms with Crippen LogP contribution in [0.1, 0.15) is 17.3 Å². The molecule has 0 spiro atoms. The van der Waals surface area contributed by atoms with Crippen molar-refractivity contribution in [1.82, 2.24) is 4.90 Å². The average molecular weight is 180 g/mol. The van der Waals surface area contributed by atoms with Crippen molar-refractivity contribution in [1.29, 1.82) is 5.26 Å². The molecule has 0 aliphatic rings. The van der Waals surface area contributed by atoms with Crippen molar-refractivity contribution in [3.8, 4) is 6.07 Å². The van der Waals surface area contributed by atoms with Crippen molar-refractivity contribution in [2.75, 3.05) is 14.1 Å². The molecule has 1 atom stereocenters. The molecule has 0 bridgehead atoms. The van der Waals surface area contributed by atoms with E-state index < -0.39 is 0 Å². The molecule has 1 unspecified atom stereocenters. The summed E-state index contributed by atoms with van der Waals surface area (Å²) in [5.41, 5.74) is 0. The minimum absolute atomic E-state index is 0.259. The van der Waals surface area contributed by atoms with Gasteiger partial charge in [0.15, 0.2) is 0 Å². The largest absolute Gasteiger partial charge is 0.301 e. The first kappa shape index (κ1) is 9.24. The van der Waals surface area contributed by atoms with Gasteiger partial charge in [0.1, 0.15) is 0 Å². The maximum Gasteiger partial charge on any atom is 0.0642 e. The number of thiophene rings is 1. The molecular weight excluding hydrogens is 168 g/mol. The second kappa shape index (κ2) is 4.24. The first-order valence-corrected chi connectivity index (χ1v) is 4.70. The summed E-state index contributed by atoms with van der Waals surface area (Å²) >= 11 is 1.71. The van der Waals surface area contributed by atoms with Gasteiger partial charge in [0.05, 0.1) is 18.5 Å². The second-order valence-electron chi connectivity index (χ2n) is 2.86. The fraction of sp³-hybridized carbons (Fsp3) is 0.444. The molecule has 0 amide bonds. The summed E-state index contributed by atoms with van der Waals surface area (Å²) in [7, 11) is 4.00. The molecule has 1 aromatic heterocycles. The number of nitriles is 1. The van der Waals surface area contributed by atoms with Gasteiger partial charge >= 0.3 is 0 Å². The zero-order valence-electron chi connectivity index (χ0n) is 7.32. The van der Waals surface area contributed by atoms with Crippen LogP contribution in [-0.4, -0.2) is 19.0 Å². The number of rotatable bonds is 3. The van der Waals surface area contributed by atoms with Crippen molar-refractivity contribution in [3.63, 3.8) is 0 Å². The van der Waals surface area contributed by atoms with E-state index in [-0.39, 0.29) is 6.04 Å². The molecule has 0 aliphatic heterocycles. The Hall–Kier alpha value is -0.850. The lowest BCUT2D eigenvalue weighted by atomic mass is 10.2. The summed E-state index contributed by atoms with van der Waals surface area (Å²) in [6, 6.07) is 6.56. The zero-order chi connectivity index (χ0) is 8.97. The molecule has 0 saturated carbocycles. The molecule has 0 aromatic carbocycles. The van der Waals surface area contributed by atoms with Gasteiger partial charge in [-0.1, -0.05) is 6.07 Å². The summed E-state index contributed by atoms with van der Waals surface area (Å²) in [5.74, 6) is 0. The first-order chi connectivity index (χ1) is 5.75. The van der Waals surface area contributed by atoms with Crippen LogP contribution in [0.5, 0.6) is 0 Å². The van der Waals surface area contributed by atoms with Gasteiger partial charge in [-0.05, 0) is 25.5 Å². The van der Waals surface area contributed by atoms with Crippen LogP contribution in [0.25, 0.3) is 0 Å². The SMILES string of the molecule is CN(C)C(CC#N)c1cccs1. The Balaban J connectivity index is 2.75. The van der Waals surface area contributed by atoms with Crippen molar-refractivity contribution in [3.05, 3.63) is 22.4 Å². The number of hydrogen-bond acceptors (Lipinski definition) is 3. The zero-order valence-corrected chi connectivity index (χ0v) is 8.14. The van der Waals surface area contributed by atoms with Crippen LogP contribution in [0, 0.1) is 11.3 Å². The average Bonchev–Trinajstić information content (AvgIpc) is 2.51. The van der Waals surface area contributed by atoms with Crippen LogP contribution in [0.3, 0.4) is 0 Å². The van der Waals surface area contributed by atoms with Gasteiger partial charge in [0.25, 0.3) is 0 Å². The summed E-state index contributed by atoms with van der Waals surface area (Å²) in [6.07, 6.45) is 0.563. The minimum Gasteiger partial charge on any atom is -0.301 e. The first-order valence-electron chi connectivity index (χ1n) is 3.82. The van der Waals surface area contributed by atoms with Gasteiger partial charge in [-0.3, -0.25) is 0 Å². The summed E-state index contributed by atoms with van der Waals surface area (Å²) in [6.45, 7) is 0. The quantitative estimate of drug-likeness (QED) is 0.713. The predicted octanol–water partition coefficient (Wildman–Crippen LogP) is 2.26. The molecule has 0 N–H and O–H groups in total. The minimum atomic E-state index is 0.259. The Labute approximate surface area is 77.0 Å². The summed E-state index contributed by atoms with van der Waals surface area (Å²) < 4.78 is 0. The van der Waals surface area contributed by atoms with Crippen LogP contribution in [-0.2, 0) is 0 Å². The van der Waals surface area contributed by atoms with Gasteiger partial charge in [0.2, 0.25) is 0 Å². The fourth-order valence-corrected chi connectivity index (χ4v) is 2.03. The highest BCUT2D eigenvalue weighted by Gasteiger charge is 2.13. The van der Waals surface area contributed by atoms with Gasteiger partial charge in [-0.25, -0.2) is 0 Å². The maximum absolute atomic E-state index is 8.61. The van der Waals surface area contributed by atoms with E-state index in [1.54, 1.807) is 11.3 Å². The van der Waals surface area contributed by atoms with Crippen molar-refractivity contribution < 1.29 is 0 Å². The van der Waals surface area contributed by atoms with E-state index >= 15 is 0 Å². The van der Waals surface area contributed by atoms with E-state index in [4.69, 9.17) is 5.26 Å².